The van der Waals surface area contributed by atoms with Crippen molar-refractivity contribution in [1.82, 2.24) is 16.0 Å². The predicted molar refractivity (Wildman–Crippen MR) is 88.4 cm³/mol. The quantitative estimate of drug-likeness (QED) is 0.692. The van der Waals surface area contributed by atoms with Crippen LogP contribution in [0.3, 0.4) is 0 Å². The second-order valence-corrected chi connectivity index (χ2v) is 5.96. The fourth-order valence-corrected chi connectivity index (χ4v) is 2.54. The Morgan fingerprint density at radius 2 is 2.08 bits per heavy atom. The molecule has 1 aromatic rings. The van der Waals surface area contributed by atoms with Gasteiger partial charge in [-0.05, 0) is 44.4 Å². The third kappa shape index (κ3) is 5.19. The summed E-state index contributed by atoms with van der Waals surface area (Å²) in [7, 11) is 0. The molecule has 6 nitrogen and oxygen atoms in total. The molecule has 3 amide bonds. The molecule has 3 N–H and O–H groups in total. The highest BCUT2D eigenvalue weighted by Crippen LogP contribution is 2.15. The highest BCUT2D eigenvalue weighted by atomic mass is 19.1. The molecule has 0 radical (unpaired) electrons. The summed E-state index contributed by atoms with van der Waals surface area (Å²) < 4.78 is 18.9. The minimum atomic E-state index is -0.414. The molecule has 1 aliphatic heterocycles. The molecule has 0 aromatic heterocycles. The van der Waals surface area contributed by atoms with Crippen molar-refractivity contribution in [1.29, 1.82) is 0 Å². The van der Waals surface area contributed by atoms with Crippen LogP contribution in [0.4, 0.5) is 9.18 Å². The van der Waals surface area contributed by atoms with Crippen molar-refractivity contribution in [2.24, 2.45) is 0 Å². The molecule has 0 spiro atoms. The van der Waals surface area contributed by atoms with Crippen LogP contribution in [0.5, 0.6) is 0 Å². The monoisotopic (exact) mass is 337 g/mol. The number of ether oxygens (including phenoxy) is 1. The normalized spacial score (nSPS) is 18.0. The molecule has 7 heteroatoms. The Labute approximate surface area is 141 Å². The van der Waals surface area contributed by atoms with E-state index in [0.29, 0.717) is 5.56 Å². The molecule has 2 rings (SSSR count). The van der Waals surface area contributed by atoms with Gasteiger partial charge in [0, 0.05) is 25.3 Å². The van der Waals surface area contributed by atoms with Gasteiger partial charge in [-0.1, -0.05) is 6.07 Å². The first-order valence-corrected chi connectivity index (χ1v) is 8.17. The summed E-state index contributed by atoms with van der Waals surface area (Å²) in [6.45, 7) is 4.82. The number of rotatable bonds is 6. The van der Waals surface area contributed by atoms with Crippen LogP contribution in [0.15, 0.2) is 18.2 Å². The second-order valence-electron chi connectivity index (χ2n) is 5.96. The fraction of sp³-hybridized carbons (Fsp3) is 0.529. The van der Waals surface area contributed by atoms with Crippen LogP contribution >= 0.6 is 0 Å². The maximum atomic E-state index is 13.4. The average Bonchev–Trinajstić information content (AvgIpc) is 3.08. The van der Waals surface area contributed by atoms with Gasteiger partial charge in [-0.3, -0.25) is 4.79 Å². The summed E-state index contributed by atoms with van der Waals surface area (Å²) in [4.78, 5) is 23.6. The number of carbonyl (C=O) groups excluding carboxylic acids is 2. The molecular weight excluding hydrogens is 313 g/mol. The lowest BCUT2D eigenvalue weighted by Gasteiger charge is -2.20. The van der Waals surface area contributed by atoms with Gasteiger partial charge in [0.25, 0.3) is 5.91 Å². The van der Waals surface area contributed by atoms with Crippen molar-refractivity contribution in [2.45, 2.75) is 38.8 Å². The van der Waals surface area contributed by atoms with Gasteiger partial charge in [0.15, 0.2) is 0 Å². The number of hydrogen-bond acceptors (Lipinski definition) is 3. The van der Waals surface area contributed by atoms with Crippen molar-refractivity contribution >= 4 is 11.9 Å². The summed E-state index contributed by atoms with van der Waals surface area (Å²) in [5, 5.41) is 8.12. The minimum Gasteiger partial charge on any atom is -0.376 e. The molecule has 24 heavy (non-hydrogen) atoms. The van der Waals surface area contributed by atoms with Gasteiger partial charge < -0.3 is 20.7 Å². The van der Waals surface area contributed by atoms with Crippen molar-refractivity contribution in [3.05, 3.63) is 35.1 Å². The van der Waals surface area contributed by atoms with Crippen LogP contribution in [0.25, 0.3) is 0 Å². The van der Waals surface area contributed by atoms with E-state index in [9.17, 15) is 14.0 Å². The minimum absolute atomic E-state index is 0.0578. The van der Waals surface area contributed by atoms with Crippen LogP contribution in [-0.2, 0) is 4.74 Å². The van der Waals surface area contributed by atoms with Gasteiger partial charge in [0.1, 0.15) is 5.82 Å². The summed E-state index contributed by atoms with van der Waals surface area (Å²) in [6, 6.07) is 3.97. The lowest BCUT2D eigenvalue weighted by molar-refractivity contribution is 0.0860. The predicted octanol–water partition coefficient (Wildman–Crippen LogP) is 1.73. The molecule has 2 unspecified atom stereocenters. The molecule has 0 aliphatic carbocycles. The maximum Gasteiger partial charge on any atom is 0.315 e. The number of benzene rings is 1. The van der Waals surface area contributed by atoms with Gasteiger partial charge in [0.2, 0.25) is 0 Å². The molecule has 132 valence electrons. The molecule has 0 bridgehead atoms. The van der Waals surface area contributed by atoms with Crippen molar-refractivity contribution < 1.29 is 18.7 Å². The summed E-state index contributed by atoms with van der Waals surface area (Å²) in [6.07, 6.45) is 2.03. The van der Waals surface area contributed by atoms with Crippen LogP contribution in [0, 0.1) is 12.7 Å². The maximum absolute atomic E-state index is 13.4. The van der Waals surface area contributed by atoms with Crippen molar-refractivity contribution in [3.8, 4) is 0 Å². The van der Waals surface area contributed by atoms with E-state index < -0.39 is 5.82 Å². The fourth-order valence-electron chi connectivity index (χ4n) is 2.54. The van der Waals surface area contributed by atoms with Gasteiger partial charge in [0.05, 0.1) is 12.1 Å². The zero-order valence-electron chi connectivity index (χ0n) is 14.0. The summed E-state index contributed by atoms with van der Waals surface area (Å²) >= 11 is 0. The molecular formula is C17H24FN3O3. The largest absolute Gasteiger partial charge is 0.376 e. The smallest absolute Gasteiger partial charge is 0.315 e. The molecule has 0 saturated carbocycles. The molecule has 1 heterocycles. The van der Waals surface area contributed by atoms with E-state index >= 15 is 0 Å². The molecule has 1 fully saturated rings. The van der Waals surface area contributed by atoms with Gasteiger partial charge in [-0.25, -0.2) is 9.18 Å². The van der Waals surface area contributed by atoms with E-state index in [0.717, 1.165) is 19.4 Å². The summed E-state index contributed by atoms with van der Waals surface area (Å²) in [5.41, 5.74) is 0.750. The molecule has 1 saturated heterocycles. The SMILES string of the molecule is Cc1ccc(C(=O)NCCNC(=O)NC(C)C2CCCO2)cc1F. The summed E-state index contributed by atoms with van der Waals surface area (Å²) in [5.74, 6) is -0.785. The highest BCUT2D eigenvalue weighted by Gasteiger charge is 2.23. The Hall–Kier alpha value is -2.15. The molecule has 2 atom stereocenters. The Morgan fingerprint density at radius 1 is 1.33 bits per heavy atom. The van der Waals surface area contributed by atoms with E-state index in [-0.39, 0.29) is 42.7 Å². The highest BCUT2D eigenvalue weighted by molar-refractivity contribution is 5.94. The number of carbonyl (C=O) groups is 2. The van der Waals surface area contributed by atoms with Gasteiger partial charge in [-0.2, -0.15) is 0 Å². The van der Waals surface area contributed by atoms with Crippen LogP contribution < -0.4 is 16.0 Å². The number of hydrogen-bond donors (Lipinski definition) is 3. The van der Waals surface area contributed by atoms with Crippen LogP contribution in [0.2, 0.25) is 0 Å². The number of amides is 3. The molecule has 1 aromatic carbocycles. The number of urea groups is 1. The van der Waals surface area contributed by atoms with Crippen molar-refractivity contribution in [2.75, 3.05) is 19.7 Å². The number of aryl methyl sites for hydroxylation is 1. The Morgan fingerprint density at radius 3 is 2.75 bits per heavy atom. The first-order valence-electron chi connectivity index (χ1n) is 8.17. The lowest BCUT2D eigenvalue weighted by atomic mass is 10.1. The van der Waals surface area contributed by atoms with Gasteiger partial charge >= 0.3 is 6.03 Å². The molecule has 1 aliphatic rings. The van der Waals surface area contributed by atoms with E-state index in [1.165, 1.54) is 6.07 Å². The average molecular weight is 337 g/mol. The first-order chi connectivity index (χ1) is 11.5. The third-order valence-electron chi connectivity index (χ3n) is 4.01. The first kappa shape index (κ1) is 18.2. The number of halogens is 1. The standard InChI is InChI=1S/C17H24FN3O3/c1-11-5-6-13(10-14(11)18)16(22)19-7-8-20-17(23)21-12(2)15-4-3-9-24-15/h5-6,10,12,15H,3-4,7-9H2,1-2H3,(H,19,22)(H2,20,21,23). The van der Waals surface area contributed by atoms with E-state index in [1.807, 2.05) is 6.92 Å². The Bertz CT molecular complexity index is 588. The van der Waals surface area contributed by atoms with Crippen molar-refractivity contribution in [3.63, 3.8) is 0 Å². The van der Waals surface area contributed by atoms with E-state index in [2.05, 4.69) is 16.0 Å². The Balaban J connectivity index is 1.65. The van der Waals surface area contributed by atoms with Gasteiger partial charge in [-0.15, -0.1) is 0 Å². The lowest BCUT2D eigenvalue weighted by Crippen LogP contribution is -2.47. The number of nitrogens with one attached hydrogen (secondary N) is 3. The Kier molecular flexibility index (Phi) is 6.54. The van der Waals surface area contributed by atoms with E-state index in [4.69, 9.17) is 4.74 Å². The zero-order chi connectivity index (χ0) is 17.5. The zero-order valence-corrected chi connectivity index (χ0v) is 14.0. The second kappa shape index (κ2) is 8.63. The van der Waals surface area contributed by atoms with Crippen LogP contribution in [-0.4, -0.2) is 43.8 Å². The van der Waals surface area contributed by atoms with Crippen LogP contribution in [0.1, 0.15) is 35.7 Å². The third-order valence-corrected chi connectivity index (χ3v) is 4.01. The topological polar surface area (TPSA) is 79.5 Å². The van der Waals surface area contributed by atoms with E-state index in [1.54, 1.807) is 19.1 Å².